The van der Waals surface area contributed by atoms with E-state index in [9.17, 15) is 14.7 Å². The zero-order valence-electron chi connectivity index (χ0n) is 12.8. The molecular weight excluding hydrogens is 296 g/mol. The van der Waals surface area contributed by atoms with Crippen molar-refractivity contribution in [2.45, 2.75) is 18.9 Å². The van der Waals surface area contributed by atoms with Crippen LogP contribution in [-0.4, -0.2) is 23.7 Å². The fourth-order valence-corrected chi connectivity index (χ4v) is 2.12. The van der Waals surface area contributed by atoms with E-state index >= 15 is 0 Å². The van der Waals surface area contributed by atoms with Gasteiger partial charge in [-0.05, 0) is 24.6 Å². The van der Waals surface area contributed by atoms with Gasteiger partial charge in [0.15, 0.2) is 5.60 Å². The van der Waals surface area contributed by atoms with Crippen molar-refractivity contribution in [2.75, 3.05) is 6.61 Å². The number of ether oxygens (including phenoxy) is 2. The molecule has 0 radical (unpaired) electrons. The van der Waals surface area contributed by atoms with Gasteiger partial charge in [0.2, 0.25) is 0 Å². The fraction of sp³-hybridized carbons (Fsp3) is 0.222. The van der Waals surface area contributed by atoms with Crippen LogP contribution in [-0.2, 0) is 19.9 Å². The first-order valence-electron chi connectivity index (χ1n) is 7.27. The van der Waals surface area contributed by atoms with Crippen molar-refractivity contribution in [3.63, 3.8) is 0 Å². The molecule has 2 aromatic carbocycles. The van der Waals surface area contributed by atoms with E-state index in [1.54, 1.807) is 67.6 Å². The predicted octanol–water partition coefficient (Wildman–Crippen LogP) is 2.43. The fourth-order valence-electron chi connectivity index (χ4n) is 2.12. The summed E-state index contributed by atoms with van der Waals surface area (Å²) in [7, 11) is 0. The average Bonchev–Trinajstić information content (AvgIpc) is 2.56. The van der Waals surface area contributed by atoms with Crippen molar-refractivity contribution >= 4 is 11.9 Å². The number of hydrogen-bond donors (Lipinski definition) is 1. The molecule has 120 valence electrons. The minimum absolute atomic E-state index is 0.0989. The maximum Gasteiger partial charge on any atom is 0.343 e. The van der Waals surface area contributed by atoms with Crippen LogP contribution < -0.4 is 4.74 Å². The molecule has 0 fully saturated rings. The van der Waals surface area contributed by atoms with Gasteiger partial charge in [0.1, 0.15) is 5.75 Å². The number of carbonyl (C=O) groups is 2. The zero-order chi connectivity index (χ0) is 16.7. The largest absolute Gasteiger partial charge is 0.464 e. The molecule has 0 heterocycles. The summed E-state index contributed by atoms with van der Waals surface area (Å²) in [5, 5.41) is 10.8. The van der Waals surface area contributed by atoms with Gasteiger partial charge in [0.05, 0.1) is 13.0 Å². The molecule has 0 aromatic heterocycles. The Morgan fingerprint density at radius 3 is 2.13 bits per heavy atom. The minimum Gasteiger partial charge on any atom is -0.464 e. The molecule has 0 unspecified atom stereocenters. The van der Waals surface area contributed by atoms with E-state index in [0.29, 0.717) is 5.75 Å². The monoisotopic (exact) mass is 314 g/mol. The van der Waals surface area contributed by atoms with Crippen LogP contribution in [0.2, 0.25) is 0 Å². The van der Waals surface area contributed by atoms with Crippen LogP contribution >= 0.6 is 0 Å². The number of aliphatic hydroxyl groups is 1. The molecule has 1 N–H and O–H groups in total. The van der Waals surface area contributed by atoms with Crippen LogP contribution in [0.25, 0.3) is 0 Å². The maximum absolute atomic E-state index is 12.2. The second-order valence-corrected chi connectivity index (χ2v) is 4.91. The predicted molar refractivity (Wildman–Crippen MR) is 83.7 cm³/mol. The number of carbonyl (C=O) groups excluding carboxylic acids is 2. The summed E-state index contributed by atoms with van der Waals surface area (Å²) < 4.78 is 10.1. The lowest BCUT2D eigenvalue weighted by atomic mass is 9.90. The minimum atomic E-state index is -2.08. The van der Waals surface area contributed by atoms with Crippen LogP contribution in [0.3, 0.4) is 0 Å². The second kappa shape index (κ2) is 7.56. The van der Waals surface area contributed by atoms with E-state index in [4.69, 9.17) is 9.47 Å². The third kappa shape index (κ3) is 4.17. The number of rotatable bonds is 6. The molecule has 2 rings (SSSR count). The molecule has 0 saturated carbocycles. The van der Waals surface area contributed by atoms with E-state index in [2.05, 4.69) is 0 Å². The molecule has 0 aliphatic rings. The first-order valence-corrected chi connectivity index (χ1v) is 7.27. The Labute approximate surface area is 134 Å². The van der Waals surface area contributed by atoms with Crippen molar-refractivity contribution in [2.24, 2.45) is 0 Å². The van der Waals surface area contributed by atoms with Crippen molar-refractivity contribution in [1.82, 2.24) is 0 Å². The summed E-state index contributed by atoms with van der Waals surface area (Å²) in [6.07, 6.45) is -0.537. The molecule has 0 saturated heterocycles. The standard InChI is InChI=1S/C18H18O5/c1-2-22-17(20)18(21,14-9-5-3-6-10-14)13-16(19)23-15-11-7-4-8-12-15/h3-12,21H,2,13H2,1H3/t18-/m1/s1. The highest BCUT2D eigenvalue weighted by Crippen LogP contribution is 2.27. The molecule has 0 amide bonds. The van der Waals surface area contributed by atoms with Gasteiger partial charge >= 0.3 is 11.9 Å². The highest BCUT2D eigenvalue weighted by Gasteiger charge is 2.42. The summed E-state index contributed by atoms with van der Waals surface area (Å²) in [4.78, 5) is 24.3. The third-order valence-electron chi connectivity index (χ3n) is 3.24. The molecule has 0 bridgehead atoms. The number of hydrogen-bond acceptors (Lipinski definition) is 5. The maximum atomic E-state index is 12.2. The smallest absolute Gasteiger partial charge is 0.343 e. The molecule has 1 atom stereocenters. The topological polar surface area (TPSA) is 72.8 Å². The Hall–Kier alpha value is -2.66. The molecule has 0 aliphatic carbocycles. The second-order valence-electron chi connectivity index (χ2n) is 4.91. The highest BCUT2D eigenvalue weighted by molar-refractivity contribution is 5.87. The van der Waals surface area contributed by atoms with E-state index in [1.807, 2.05) is 0 Å². The number of benzene rings is 2. The first-order chi connectivity index (χ1) is 11.1. The van der Waals surface area contributed by atoms with Gasteiger partial charge < -0.3 is 14.6 Å². The Bertz CT molecular complexity index is 654. The van der Waals surface area contributed by atoms with Crippen LogP contribution in [0.1, 0.15) is 18.9 Å². The summed E-state index contributed by atoms with van der Waals surface area (Å²) >= 11 is 0. The van der Waals surface area contributed by atoms with Gasteiger partial charge in [-0.2, -0.15) is 0 Å². The third-order valence-corrected chi connectivity index (χ3v) is 3.24. The molecule has 0 spiro atoms. The Kier molecular flexibility index (Phi) is 5.49. The van der Waals surface area contributed by atoms with E-state index in [1.165, 1.54) is 0 Å². The van der Waals surface area contributed by atoms with Crippen molar-refractivity contribution < 1.29 is 24.2 Å². The Morgan fingerprint density at radius 2 is 1.57 bits per heavy atom. The van der Waals surface area contributed by atoms with Gasteiger partial charge in [0.25, 0.3) is 0 Å². The SMILES string of the molecule is CCOC(=O)[C@@](O)(CC(=O)Oc1ccccc1)c1ccccc1. The molecule has 23 heavy (non-hydrogen) atoms. The summed E-state index contributed by atoms with van der Waals surface area (Å²) in [5.41, 5.74) is -1.80. The lowest BCUT2D eigenvalue weighted by Crippen LogP contribution is -2.40. The summed E-state index contributed by atoms with van der Waals surface area (Å²) in [6.45, 7) is 1.73. The Morgan fingerprint density at radius 1 is 1.00 bits per heavy atom. The van der Waals surface area contributed by atoms with Gasteiger partial charge in [-0.15, -0.1) is 0 Å². The van der Waals surface area contributed by atoms with Crippen molar-refractivity contribution in [3.8, 4) is 5.75 Å². The summed E-state index contributed by atoms with van der Waals surface area (Å²) in [6, 6.07) is 16.7. The normalized spacial score (nSPS) is 13.0. The molecule has 5 heteroatoms. The Balaban J connectivity index is 2.21. The van der Waals surface area contributed by atoms with Crippen LogP contribution in [0.5, 0.6) is 5.75 Å². The average molecular weight is 314 g/mol. The molecular formula is C18H18O5. The number of esters is 2. The lowest BCUT2D eigenvalue weighted by Gasteiger charge is -2.25. The van der Waals surface area contributed by atoms with E-state index in [0.717, 1.165) is 0 Å². The van der Waals surface area contributed by atoms with Crippen molar-refractivity contribution in [3.05, 3.63) is 66.2 Å². The zero-order valence-corrected chi connectivity index (χ0v) is 12.8. The summed E-state index contributed by atoms with van der Waals surface area (Å²) in [5.74, 6) is -1.26. The highest BCUT2D eigenvalue weighted by atomic mass is 16.6. The van der Waals surface area contributed by atoms with Gasteiger partial charge in [-0.25, -0.2) is 4.79 Å². The van der Waals surface area contributed by atoms with E-state index in [-0.39, 0.29) is 12.2 Å². The van der Waals surface area contributed by atoms with Crippen LogP contribution in [0.15, 0.2) is 60.7 Å². The van der Waals surface area contributed by atoms with Gasteiger partial charge in [0, 0.05) is 0 Å². The van der Waals surface area contributed by atoms with Gasteiger partial charge in [-0.3, -0.25) is 4.79 Å². The first kappa shape index (κ1) is 16.7. The van der Waals surface area contributed by atoms with Crippen molar-refractivity contribution in [1.29, 1.82) is 0 Å². The number of para-hydroxylation sites is 1. The van der Waals surface area contributed by atoms with Gasteiger partial charge in [-0.1, -0.05) is 48.5 Å². The quantitative estimate of drug-likeness (QED) is 0.655. The molecule has 5 nitrogen and oxygen atoms in total. The molecule has 0 aliphatic heterocycles. The molecule has 2 aromatic rings. The lowest BCUT2D eigenvalue weighted by molar-refractivity contribution is -0.171. The van der Waals surface area contributed by atoms with Crippen LogP contribution in [0.4, 0.5) is 0 Å². The van der Waals surface area contributed by atoms with E-state index < -0.39 is 24.0 Å². The van der Waals surface area contributed by atoms with Crippen LogP contribution in [0, 0.1) is 0 Å².